The number of halogens is 1. The molecule has 0 radical (unpaired) electrons. The lowest BCUT2D eigenvalue weighted by Gasteiger charge is -2.27. The van der Waals surface area contributed by atoms with Crippen molar-refractivity contribution in [3.05, 3.63) is 39.7 Å². The number of rotatable bonds is 2. The van der Waals surface area contributed by atoms with Crippen LogP contribution in [0, 0.1) is 21.8 Å². The molecule has 3 atom stereocenters. The number of hydrogen-bond donors (Lipinski definition) is 1. The summed E-state index contributed by atoms with van der Waals surface area (Å²) in [4.78, 5) is 24.5. The summed E-state index contributed by atoms with van der Waals surface area (Å²) in [5.74, 6) is -0.794. The highest BCUT2D eigenvalue weighted by Crippen LogP contribution is 2.34. The molecule has 112 valence electrons. The molecule has 2 heterocycles. The zero-order valence-electron chi connectivity index (χ0n) is 11.6. The monoisotopic (exact) mass is 293 g/mol. The van der Waals surface area contributed by atoms with Gasteiger partial charge in [0.1, 0.15) is 5.82 Å². The molecule has 0 saturated carbocycles. The second kappa shape index (κ2) is 5.07. The van der Waals surface area contributed by atoms with E-state index in [2.05, 4.69) is 5.32 Å². The first-order chi connectivity index (χ1) is 9.99. The molecule has 0 aromatic heterocycles. The van der Waals surface area contributed by atoms with E-state index in [1.807, 2.05) is 6.92 Å². The summed E-state index contributed by atoms with van der Waals surface area (Å²) in [7, 11) is 0. The maximum Gasteiger partial charge on any atom is 0.270 e. The summed E-state index contributed by atoms with van der Waals surface area (Å²) in [5, 5.41) is 14.0. The fourth-order valence-electron chi connectivity index (χ4n) is 3.44. The number of carbonyl (C=O) groups is 1. The van der Waals surface area contributed by atoms with Gasteiger partial charge in [-0.1, -0.05) is 0 Å². The molecular weight excluding hydrogens is 277 g/mol. The van der Waals surface area contributed by atoms with Crippen LogP contribution >= 0.6 is 0 Å². The van der Waals surface area contributed by atoms with Crippen LogP contribution < -0.4 is 5.32 Å². The normalized spacial score (nSPS) is 27.7. The lowest BCUT2D eigenvalue weighted by Crippen LogP contribution is -2.43. The van der Waals surface area contributed by atoms with Crippen LogP contribution in [0.5, 0.6) is 0 Å². The van der Waals surface area contributed by atoms with Crippen molar-refractivity contribution in [3.8, 4) is 0 Å². The minimum absolute atomic E-state index is 0.0215. The molecule has 1 aromatic carbocycles. The number of nitro benzene ring substituents is 1. The van der Waals surface area contributed by atoms with Gasteiger partial charge in [-0.15, -0.1) is 0 Å². The van der Waals surface area contributed by atoms with Crippen molar-refractivity contribution < 1.29 is 14.1 Å². The van der Waals surface area contributed by atoms with Crippen LogP contribution in [0.2, 0.25) is 0 Å². The van der Waals surface area contributed by atoms with Crippen molar-refractivity contribution in [2.45, 2.75) is 25.4 Å². The maximum absolute atomic E-state index is 13.9. The van der Waals surface area contributed by atoms with E-state index in [9.17, 15) is 19.3 Å². The maximum atomic E-state index is 13.9. The minimum atomic E-state index is -0.716. The van der Waals surface area contributed by atoms with Crippen molar-refractivity contribution in [2.24, 2.45) is 5.92 Å². The summed E-state index contributed by atoms with van der Waals surface area (Å²) in [6.45, 7) is 3.49. The van der Waals surface area contributed by atoms with Gasteiger partial charge in [0, 0.05) is 37.3 Å². The Morgan fingerprint density at radius 2 is 2.24 bits per heavy atom. The van der Waals surface area contributed by atoms with Crippen LogP contribution in [0.15, 0.2) is 18.2 Å². The molecule has 7 heteroatoms. The molecule has 1 aromatic rings. The van der Waals surface area contributed by atoms with Crippen LogP contribution in [0.3, 0.4) is 0 Å². The molecule has 0 aliphatic carbocycles. The van der Waals surface area contributed by atoms with Crippen molar-refractivity contribution in [3.63, 3.8) is 0 Å². The van der Waals surface area contributed by atoms with Gasteiger partial charge in [-0.3, -0.25) is 14.9 Å². The molecule has 2 aliphatic rings. The van der Waals surface area contributed by atoms with Gasteiger partial charge in [0.2, 0.25) is 0 Å². The van der Waals surface area contributed by atoms with E-state index < -0.39 is 16.6 Å². The SMILES string of the molecule is CC1CC2CNCC2N1C(=O)c1cc([N+](=O)[O-])ccc1F. The summed E-state index contributed by atoms with van der Waals surface area (Å²) < 4.78 is 13.9. The number of fused-ring (bicyclic) bond motifs is 1. The quantitative estimate of drug-likeness (QED) is 0.663. The second-order valence-electron chi connectivity index (χ2n) is 5.70. The number of carbonyl (C=O) groups excluding carboxylic acids is 1. The lowest BCUT2D eigenvalue weighted by atomic mass is 10.0. The molecule has 1 amide bonds. The Labute approximate surface area is 121 Å². The van der Waals surface area contributed by atoms with E-state index in [0.717, 1.165) is 31.2 Å². The predicted octanol–water partition coefficient (Wildman–Crippen LogP) is 1.56. The van der Waals surface area contributed by atoms with E-state index in [1.165, 1.54) is 0 Å². The average molecular weight is 293 g/mol. The van der Waals surface area contributed by atoms with Gasteiger partial charge in [-0.25, -0.2) is 4.39 Å². The third-order valence-electron chi connectivity index (χ3n) is 4.41. The number of hydrogen-bond acceptors (Lipinski definition) is 4. The van der Waals surface area contributed by atoms with Crippen molar-refractivity contribution in [2.75, 3.05) is 13.1 Å². The first kappa shape index (κ1) is 13.9. The van der Waals surface area contributed by atoms with Gasteiger partial charge in [0.05, 0.1) is 10.5 Å². The molecule has 6 nitrogen and oxygen atoms in total. The third kappa shape index (κ3) is 2.27. The van der Waals surface area contributed by atoms with Crippen LogP contribution in [-0.2, 0) is 0 Å². The highest BCUT2D eigenvalue weighted by molar-refractivity contribution is 5.95. The Kier molecular flexibility index (Phi) is 3.36. The number of nitrogens with one attached hydrogen (secondary N) is 1. The summed E-state index contributed by atoms with van der Waals surface area (Å²) in [6, 6.07) is 3.15. The van der Waals surface area contributed by atoms with Crippen LogP contribution in [-0.4, -0.2) is 40.9 Å². The van der Waals surface area contributed by atoms with E-state index >= 15 is 0 Å². The summed E-state index contributed by atoms with van der Waals surface area (Å²) in [5.41, 5.74) is -0.490. The van der Waals surface area contributed by atoms with Crippen LogP contribution in [0.4, 0.5) is 10.1 Å². The number of likely N-dealkylation sites (tertiary alicyclic amines) is 1. The predicted molar refractivity (Wildman–Crippen MR) is 73.5 cm³/mol. The Hall–Kier alpha value is -2.02. The minimum Gasteiger partial charge on any atom is -0.331 e. The van der Waals surface area contributed by atoms with Gasteiger partial charge >= 0.3 is 0 Å². The van der Waals surface area contributed by atoms with E-state index in [0.29, 0.717) is 12.5 Å². The van der Waals surface area contributed by atoms with Gasteiger partial charge in [0.25, 0.3) is 11.6 Å². The fraction of sp³-hybridized carbons (Fsp3) is 0.500. The van der Waals surface area contributed by atoms with Gasteiger partial charge in [0.15, 0.2) is 0 Å². The van der Waals surface area contributed by atoms with Crippen molar-refractivity contribution in [1.29, 1.82) is 0 Å². The number of non-ortho nitro benzene ring substituents is 1. The number of nitro groups is 1. The highest BCUT2D eigenvalue weighted by atomic mass is 19.1. The molecule has 2 aliphatic heterocycles. The van der Waals surface area contributed by atoms with Crippen LogP contribution in [0.1, 0.15) is 23.7 Å². The smallest absolute Gasteiger partial charge is 0.270 e. The molecular formula is C14H16FN3O3. The zero-order chi connectivity index (χ0) is 15.1. The first-order valence-corrected chi connectivity index (χ1v) is 6.96. The molecule has 1 N–H and O–H groups in total. The van der Waals surface area contributed by atoms with Crippen LogP contribution in [0.25, 0.3) is 0 Å². The Bertz CT molecular complexity index is 607. The second-order valence-corrected chi connectivity index (χ2v) is 5.70. The topological polar surface area (TPSA) is 75.5 Å². The standard InChI is InChI=1S/C14H16FN3O3/c1-8-4-9-6-16-7-13(9)17(8)14(19)11-5-10(18(20)21)2-3-12(11)15/h2-3,5,8-9,13,16H,4,6-7H2,1H3. The van der Waals surface area contributed by atoms with Gasteiger partial charge in [-0.05, 0) is 25.3 Å². The highest BCUT2D eigenvalue weighted by Gasteiger charge is 2.44. The van der Waals surface area contributed by atoms with Gasteiger partial charge in [-0.2, -0.15) is 0 Å². The molecule has 0 spiro atoms. The number of amides is 1. The zero-order valence-corrected chi connectivity index (χ0v) is 11.6. The summed E-state index contributed by atoms with van der Waals surface area (Å²) >= 11 is 0. The Balaban J connectivity index is 1.94. The average Bonchev–Trinajstić information content (AvgIpc) is 2.98. The molecule has 21 heavy (non-hydrogen) atoms. The largest absolute Gasteiger partial charge is 0.331 e. The number of nitrogens with zero attached hydrogens (tertiary/aromatic N) is 2. The Morgan fingerprint density at radius 3 is 2.95 bits per heavy atom. The molecule has 2 fully saturated rings. The van der Waals surface area contributed by atoms with Gasteiger partial charge < -0.3 is 10.2 Å². The van der Waals surface area contributed by atoms with E-state index in [4.69, 9.17) is 0 Å². The molecule has 2 saturated heterocycles. The third-order valence-corrected chi connectivity index (χ3v) is 4.41. The number of benzene rings is 1. The first-order valence-electron chi connectivity index (χ1n) is 6.96. The summed E-state index contributed by atoms with van der Waals surface area (Å²) in [6.07, 6.45) is 0.875. The Morgan fingerprint density at radius 1 is 1.48 bits per heavy atom. The van der Waals surface area contributed by atoms with Crippen molar-refractivity contribution in [1.82, 2.24) is 10.2 Å². The lowest BCUT2D eigenvalue weighted by molar-refractivity contribution is -0.384. The molecule has 3 rings (SSSR count). The van der Waals surface area contributed by atoms with Crippen molar-refractivity contribution >= 4 is 11.6 Å². The van der Waals surface area contributed by atoms with E-state index in [-0.39, 0.29) is 23.3 Å². The fourth-order valence-corrected chi connectivity index (χ4v) is 3.44. The van der Waals surface area contributed by atoms with E-state index in [1.54, 1.807) is 4.90 Å². The molecule has 0 bridgehead atoms. The molecule has 3 unspecified atom stereocenters.